The Labute approximate surface area is 101 Å². The van der Waals surface area contributed by atoms with Crippen molar-refractivity contribution < 1.29 is 4.74 Å². The molecule has 2 aromatic rings. The molecule has 0 aliphatic carbocycles. The topological polar surface area (TPSA) is 73.9 Å². The van der Waals surface area contributed by atoms with Gasteiger partial charge in [0, 0.05) is 23.4 Å². The second-order valence-corrected chi connectivity index (χ2v) is 3.91. The van der Waals surface area contributed by atoms with Crippen molar-refractivity contribution in [3.63, 3.8) is 0 Å². The summed E-state index contributed by atoms with van der Waals surface area (Å²) in [4.78, 5) is 12.1. The number of nitrogens with zero attached hydrogens (tertiary/aromatic N) is 3. The smallest absolute Gasteiger partial charge is 0.238 e. The third-order valence-electron chi connectivity index (χ3n) is 1.77. The first-order chi connectivity index (χ1) is 7.78. The highest BCUT2D eigenvalue weighted by Crippen LogP contribution is 2.21. The quantitative estimate of drug-likeness (QED) is 0.929. The van der Waals surface area contributed by atoms with Crippen molar-refractivity contribution in [2.45, 2.75) is 6.54 Å². The van der Waals surface area contributed by atoms with Gasteiger partial charge in [-0.25, -0.2) is 4.98 Å². The van der Waals surface area contributed by atoms with Gasteiger partial charge in [-0.2, -0.15) is 0 Å². The van der Waals surface area contributed by atoms with Crippen molar-refractivity contribution >= 4 is 15.9 Å². The average molecular weight is 281 g/mol. The lowest BCUT2D eigenvalue weighted by Crippen LogP contribution is -2.01. The van der Waals surface area contributed by atoms with E-state index < -0.39 is 0 Å². The SMILES string of the molecule is NCc1cncc(Oc2cncc(Br)c2)n1. The average Bonchev–Trinajstić information content (AvgIpc) is 2.29. The lowest BCUT2D eigenvalue weighted by atomic mass is 10.4. The molecular formula is C10H9BrN4O. The fourth-order valence-electron chi connectivity index (χ4n) is 1.10. The molecule has 0 fully saturated rings. The molecule has 0 saturated heterocycles. The molecule has 0 atom stereocenters. The summed E-state index contributed by atoms with van der Waals surface area (Å²) in [7, 11) is 0. The Morgan fingerprint density at radius 3 is 2.75 bits per heavy atom. The molecule has 16 heavy (non-hydrogen) atoms. The summed E-state index contributed by atoms with van der Waals surface area (Å²) in [5, 5.41) is 0. The van der Waals surface area contributed by atoms with E-state index in [1.54, 1.807) is 24.7 Å². The van der Waals surface area contributed by atoms with Gasteiger partial charge in [-0.1, -0.05) is 0 Å². The summed E-state index contributed by atoms with van der Waals surface area (Å²) in [5.74, 6) is 1.00. The van der Waals surface area contributed by atoms with E-state index in [0.29, 0.717) is 23.9 Å². The number of hydrogen-bond acceptors (Lipinski definition) is 5. The molecule has 0 saturated carbocycles. The Balaban J connectivity index is 2.20. The first-order valence-corrected chi connectivity index (χ1v) is 5.36. The van der Waals surface area contributed by atoms with E-state index in [-0.39, 0.29) is 0 Å². The van der Waals surface area contributed by atoms with Crippen LogP contribution in [0.2, 0.25) is 0 Å². The van der Waals surface area contributed by atoms with Crippen LogP contribution in [0.15, 0.2) is 35.3 Å². The monoisotopic (exact) mass is 280 g/mol. The lowest BCUT2D eigenvalue weighted by Gasteiger charge is -2.04. The molecule has 6 heteroatoms. The maximum atomic E-state index is 5.48. The third kappa shape index (κ3) is 2.74. The number of aromatic nitrogens is 3. The second-order valence-electron chi connectivity index (χ2n) is 2.99. The van der Waals surface area contributed by atoms with Crippen molar-refractivity contribution in [2.24, 2.45) is 5.73 Å². The molecule has 0 aliphatic heterocycles. The maximum absolute atomic E-state index is 5.48. The standard InChI is InChI=1S/C10H9BrN4O/c11-7-1-9(5-13-3-7)16-10-6-14-4-8(2-12)15-10/h1,3-6H,2,12H2. The minimum Gasteiger partial charge on any atom is -0.436 e. The minimum atomic E-state index is 0.334. The molecular weight excluding hydrogens is 272 g/mol. The number of pyridine rings is 1. The molecule has 2 heterocycles. The Kier molecular flexibility index (Phi) is 3.43. The molecule has 0 bridgehead atoms. The molecule has 0 radical (unpaired) electrons. The van der Waals surface area contributed by atoms with Gasteiger partial charge < -0.3 is 10.5 Å². The van der Waals surface area contributed by atoms with Gasteiger partial charge in [-0.05, 0) is 22.0 Å². The van der Waals surface area contributed by atoms with Crippen molar-refractivity contribution in [3.8, 4) is 11.6 Å². The fraction of sp³-hybridized carbons (Fsp3) is 0.100. The highest BCUT2D eigenvalue weighted by Gasteiger charge is 2.01. The molecule has 0 unspecified atom stereocenters. The number of ether oxygens (including phenoxy) is 1. The van der Waals surface area contributed by atoms with Gasteiger partial charge in [0.05, 0.1) is 18.1 Å². The highest BCUT2D eigenvalue weighted by atomic mass is 79.9. The van der Waals surface area contributed by atoms with Crippen LogP contribution >= 0.6 is 15.9 Å². The predicted molar refractivity (Wildman–Crippen MR) is 61.9 cm³/mol. The molecule has 82 valence electrons. The summed E-state index contributed by atoms with van der Waals surface area (Å²) in [5.41, 5.74) is 6.14. The zero-order valence-corrected chi connectivity index (χ0v) is 9.89. The van der Waals surface area contributed by atoms with Gasteiger partial charge in [0.2, 0.25) is 5.88 Å². The Bertz CT molecular complexity index is 492. The van der Waals surface area contributed by atoms with Gasteiger partial charge >= 0.3 is 0 Å². The molecule has 2 N–H and O–H groups in total. The van der Waals surface area contributed by atoms with Crippen LogP contribution < -0.4 is 10.5 Å². The summed E-state index contributed by atoms with van der Waals surface area (Å²) >= 11 is 3.31. The van der Waals surface area contributed by atoms with Gasteiger partial charge in [0.1, 0.15) is 5.75 Å². The Morgan fingerprint density at radius 2 is 2.00 bits per heavy atom. The van der Waals surface area contributed by atoms with Gasteiger partial charge in [-0.3, -0.25) is 9.97 Å². The molecule has 0 aromatic carbocycles. The van der Waals surface area contributed by atoms with E-state index in [2.05, 4.69) is 30.9 Å². The van der Waals surface area contributed by atoms with Crippen LogP contribution in [0.4, 0.5) is 0 Å². The molecule has 2 aromatic heterocycles. The van der Waals surface area contributed by atoms with Crippen LogP contribution in [0.3, 0.4) is 0 Å². The van der Waals surface area contributed by atoms with Gasteiger partial charge in [-0.15, -0.1) is 0 Å². The highest BCUT2D eigenvalue weighted by molar-refractivity contribution is 9.10. The van der Waals surface area contributed by atoms with E-state index in [4.69, 9.17) is 10.5 Å². The largest absolute Gasteiger partial charge is 0.436 e. The lowest BCUT2D eigenvalue weighted by molar-refractivity contribution is 0.455. The van der Waals surface area contributed by atoms with Crippen molar-refractivity contribution in [2.75, 3.05) is 0 Å². The van der Waals surface area contributed by atoms with Crippen LogP contribution in [0, 0.1) is 0 Å². The zero-order valence-electron chi connectivity index (χ0n) is 8.30. The third-order valence-corrected chi connectivity index (χ3v) is 2.21. The summed E-state index contributed by atoms with van der Waals surface area (Å²) < 4.78 is 6.32. The molecule has 0 amide bonds. The molecule has 5 nitrogen and oxygen atoms in total. The maximum Gasteiger partial charge on any atom is 0.238 e. The van der Waals surface area contributed by atoms with Crippen LogP contribution in [-0.4, -0.2) is 15.0 Å². The normalized spacial score (nSPS) is 10.1. The van der Waals surface area contributed by atoms with Crippen molar-refractivity contribution in [1.82, 2.24) is 15.0 Å². The first kappa shape index (κ1) is 11.0. The predicted octanol–water partition coefficient (Wildman–Crippen LogP) is 1.89. The zero-order chi connectivity index (χ0) is 11.4. The fourth-order valence-corrected chi connectivity index (χ4v) is 1.45. The van der Waals surface area contributed by atoms with Crippen LogP contribution in [0.25, 0.3) is 0 Å². The van der Waals surface area contributed by atoms with Gasteiger partial charge in [0.15, 0.2) is 0 Å². The number of nitrogens with two attached hydrogens (primary N) is 1. The van der Waals surface area contributed by atoms with Crippen LogP contribution in [0.1, 0.15) is 5.69 Å². The van der Waals surface area contributed by atoms with E-state index in [1.165, 1.54) is 6.20 Å². The van der Waals surface area contributed by atoms with Crippen molar-refractivity contribution in [1.29, 1.82) is 0 Å². The molecule has 0 spiro atoms. The second kappa shape index (κ2) is 5.00. The summed E-state index contributed by atoms with van der Waals surface area (Å²) in [6.45, 7) is 0.334. The first-order valence-electron chi connectivity index (χ1n) is 4.57. The number of rotatable bonds is 3. The Morgan fingerprint density at radius 1 is 1.19 bits per heavy atom. The van der Waals surface area contributed by atoms with E-state index in [1.807, 2.05) is 0 Å². The minimum absolute atomic E-state index is 0.334. The van der Waals surface area contributed by atoms with E-state index in [0.717, 1.165) is 4.47 Å². The summed E-state index contributed by atoms with van der Waals surface area (Å²) in [6, 6.07) is 1.80. The number of halogens is 1. The van der Waals surface area contributed by atoms with Gasteiger partial charge in [0.25, 0.3) is 0 Å². The Hall–Kier alpha value is -1.53. The van der Waals surface area contributed by atoms with E-state index in [9.17, 15) is 0 Å². The molecule has 0 aliphatic rings. The van der Waals surface area contributed by atoms with Crippen LogP contribution in [0.5, 0.6) is 11.6 Å². The molecule has 2 rings (SSSR count). The summed E-state index contributed by atoms with van der Waals surface area (Å²) in [6.07, 6.45) is 6.41. The van der Waals surface area contributed by atoms with Crippen molar-refractivity contribution in [3.05, 3.63) is 41.0 Å². The van der Waals surface area contributed by atoms with E-state index >= 15 is 0 Å². The van der Waals surface area contributed by atoms with Crippen LogP contribution in [-0.2, 0) is 6.54 Å². The number of hydrogen-bond donors (Lipinski definition) is 1.